The Morgan fingerprint density at radius 2 is 1.65 bits per heavy atom. The van der Waals surface area contributed by atoms with Crippen molar-refractivity contribution in [2.24, 2.45) is 5.92 Å². The van der Waals surface area contributed by atoms with Crippen LogP contribution in [-0.2, 0) is 4.79 Å². The predicted octanol–water partition coefficient (Wildman–Crippen LogP) is 3.61. The van der Waals surface area contributed by atoms with Gasteiger partial charge in [0.15, 0.2) is 0 Å². The Morgan fingerprint density at radius 1 is 1.12 bits per heavy atom. The van der Waals surface area contributed by atoms with Crippen LogP contribution in [0.5, 0.6) is 0 Å². The summed E-state index contributed by atoms with van der Waals surface area (Å²) in [5.74, 6) is -1.18. The van der Waals surface area contributed by atoms with Gasteiger partial charge in [-0.15, -0.1) is 0 Å². The first-order chi connectivity index (χ1) is 7.66. The first-order valence-corrected chi connectivity index (χ1v) is 6.04. The molecule has 0 rings (SSSR count). The van der Waals surface area contributed by atoms with Crippen molar-refractivity contribution in [3.8, 4) is 0 Å². The van der Waals surface area contributed by atoms with Crippen LogP contribution in [0.1, 0.15) is 47.0 Å². The molecule has 0 unspecified atom stereocenters. The maximum atomic E-state index is 12.3. The number of nitrogens with zero attached hydrogens (tertiary/aromatic N) is 1. The maximum absolute atomic E-state index is 12.3. The van der Waals surface area contributed by atoms with Crippen LogP contribution >= 0.6 is 0 Å². The minimum absolute atomic E-state index is 0.183. The number of amides is 1. The summed E-state index contributed by atoms with van der Waals surface area (Å²) in [6.07, 6.45) is -2.31. The number of carbonyl (C=O) groups is 1. The SMILES string of the molecule is CC(C)CCCCN(C(=O)C(F)(F)F)C(C)C. The lowest BCUT2D eigenvalue weighted by Crippen LogP contribution is -2.45. The van der Waals surface area contributed by atoms with Crippen LogP contribution in [0, 0.1) is 5.92 Å². The normalized spacial score (nSPS) is 12.3. The lowest BCUT2D eigenvalue weighted by Gasteiger charge is -2.27. The van der Waals surface area contributed by atoms with Gasteiger partial charge in [0.2, 0.25) is 0 Å². The van der Waals surface area contributed by atoms with Crippen molar-refractivity contribution in [3.63, 3.8) is 0 Å². The number of unbranched alkanes of at least 4 members (excludes halogenated alkanes) is 1. The Morgan fingerprint density at radius 3 is 2.00 bits per heavy atom. The second kappa shape index (κ2) is 6.87. The first-order valence-electron chi connectivity index (χ1n) is 6.04. The Kier molecular flexibility index (Phi) is 6.57. The van der Waals surface area contributed by atoms with E-state index in [-0.39, 0.29) is 6.54 Å². The fraction of sp³-hybridized carbons (Fsp3) is 0.917. The van der Waals surface area contributed by atoms with Gasteiger partial charge in [-0.25, -0.2) is 0 Å². The van der Waals surface area contributed by atoms with E-state index in [2.05, 4.69) is 13.8 Å². The van der Waals surface area contributed by atoms with Crippen LogP contribution in [0.4, 0.5) is 13.2 Å². The molecule has 0 aliphatic rings. The van der Waals surface area contributed by atoms with E-state index in [4.69, 9.17) is 0 Å². The van der Waals surface area contributed by atoms with Crippen molar-refractivity contribution >= 4 is 5.91 Å². The van der Waals surface area contributed by atoms with Gasteiger partial charge in [-0.2, -0.15) is 13.2 Å². The molecule has 0 radical (unpaired) electrons. The van der Waals surface area contributed by atoms with Gasteiger partial charge in [0, 0.05) is 12.6 Å². The minimum atomic E-state index is -4.76. The second-order valence-electron chi connectivity index (χ2n) is 4.98. The molecule has 0 aliphatic heterocycles. The molecule has 0 N–H and O–H groups in total. The third-order valence-electron chi connectivity index (χ3n) is 2.56. The minimum Gasteiger partial charge on any atom is -0.332 e. The summed E-state index contributed by atoms with van der Waals surface area (Å²) in [7, 11) is 0. The highest BCUT2D eigenvalue weighted by Crippen LogP contribution is 2.20. The summed E-state index contributed by atoms with van der Waals surface area (Å²) < 4.78 is 36.9. The van der Waals surface area contributed by atoms with Gasteiger partial charge >= 0.3 is 12.1 Å². The van der Waals surface area contributed by atoms with Gasteiger partial charge in [-0.05, 0) is 26.2 Å². The zero-order valence-electron chi connectivity index (χ0n) is 11.0. The second-order valence-corrected chi connectivity index (χ2v) is 4.98. The molecule has 0 saturated carbocycles. The summed E-state index contributed by atoms with van der Waals surface area (Å²) in [5.41, 5.74) is 0. The molecule has 0 spiro atoms. The molecule has 0 aromatic heterocycles. The lowest BCUT2D eigenvalue weighted by atomic mass is 10.1. The highest BCUT2D eigenvalue weighted by Gasteiger charge is 2.42. The number of rotatable bonds is 6. The molecule has 0 aromatic carbocycles. The third-order valence-corrected chi connectivity index (χ3v) is 2.56. The highest BCUT2D eigenvalue weighted by molar-refractivity contribution is 5.82. The zero-order chi connectivity index (χ0) is 13.6. The van der Waals surface area contributed by atoms with E-state index in [1.807, 2.05) is 0 Å². The molecule has 17 heavy (non-hydrogen) atoms. The molecule has 0 saturated heterocycles. The van der Waals surface area contributed by atoms with Crippen LogP contribution < -0.4 is 0 Å². The lowest BCUT2D eigenvalue weighted by molar-refractivity contribution is -0.187. The molecule has 0 atom stereocenters. The van der Waals surface area contributed by atoms with Crippen molar-refractivity contribution in [1.29, 1.82) is 0 Å². The largest absolute Gasteiger partial charge is 0.471 e. The summed E-state index contributed by atoms with van der Waals surface area (Å²) in [5, 5.41) is 0. The van der Waals surface area contributed by atoms with Crippen LogP contribution in [0.3, 0.4) is 0 Å². The van der Waals surface area contributed by atoms with E-state index >= 15 is 0 Å². The van der Waals surface area contributed by atoms with Crippen LogP contribution in [0.25, 0.3) is 0 Å². The molecule has 0 aliphatic carbocycles. The molecule has 5 heteroatoms. The van der Waals surface area contributed by atoms with Crippen molar-refractivity contribution < 1.29 is 18.0 Å². The molecule has 1 amide bonds. The van der Waals surface area contributed by atoms with E-state index in [9.17, 15) is 18.0 Å². The molecule has 2 nitrogen and oxygen atoms in total. The Labute approximate surface area is 101 Å². The van der Waals surface area contributed by atoms with E-state index < -0.39 is 18.1 Å². The van der Waals surface area contributed by atoms with Gasteiger partial charge in [0.05, 0.1) is 0 Å². The average Bonchev–Trinajstić information content (AvgIpc) is 2.14. The summed E-state index contributed by atoms with van der Waals surface area (Å²) >= 11 is 0. The first kappa shape index (κ1) is 16.3. The van der Waals surface area contributed by atoms with Gasteiger partial charge in [0.1, 0.15) is 0 Å². The monoisotopic (exact) mass is 253 g/mol. The average molecular weight is 253 g/mol. The van der Waals surface area contributed by atoms with Crippen molar-refractivity contribution in [1.82, 2.24) is 4.90 Å². The molecule has 0 fully saturated rings. The summed E-state index contributed by atoms with van der Waals surface area (Å²) in [6.45, 7) is 7.53. The van der Waals surface area contributed by atoms with Gasteiger partial charge in [0.25, 0.3) is 0 Å². The van der Waals surface area contributed by atoms with Crippen molar-refractivity contribution in [2.45, 2.75) is 59.2 Å². The van der Waals surface area contributed by atoms with E-state index in [1.54, 1.807) is 13.8 Å². The number of hydrogen-bond acceptors (Lipinski definition) is 1. The number of alkyl halides is 3. The summed E-state index contributed by atoms with van der Waals surface area (Å²) in [4.78, 5) is 12.0. The molecule has 0 heterocycles. The number of carbonyl (C=O) groups excluding carboxylic acids is 1. The number of hydrogen-bond donors (Lipinski definition) is 0. The van der Waals surface area contributed by atoms with Crippen LogP contribution in [-0.4, -0.2) is 29.6 Å². The standard InChI is InChI=1S/C12H22F3NO/c1-9(2)7-5-6-8-16(10(3)4)11(17)12(13,14)15/h9-10H,5-8H2,1-4H3. The van der Waals surface area contributed by atoms with E-state index in [0.29, 0.717) is 12.3 Å². The highest BCUT2D eigenvalue weighted by atomic mass is 19.4. The van der Waals surface area contributed by atoms with Crippen molar-refractivity contribution in [2.75, 3.05) is 6.54 Å². The molecular formula is C12H22F3NO. The maximum Gasteiger partial charge on any atom is 0.471 e. The summed E-state index contributed by atoms with van der Waals surface area (Å²) in [6, 6.07) is -0.414. The smallest absolute Gasteiger partial charge is 0.332 e. The topological polar surface area (TPSA) is 20.3 Å². The fourth-order valence-corrected chi connectivity index (χ4v) is 1.59. The van der Waals surface area contributed by atoms with Crippen LogP contribution in [0.2, 0.25) is 0 Å². The Bertz CT molecular complexity index is 236. The zero-order valence-corrected chi connectivity index (χ0v) is 11.0. The Hall–Kier alpha value is -0.740. The number of halogens is 3. The Balaban J connectivity index is 4.22. The van der Waals surface area contributed by atoms with Crippen LogP contribution in [0.15, 0.2) is 0 Å². The van der Waals surface area contributed by atoms with Gasteiger partial charge in [-0.3, -0.25) is 4.79 Å². The quantitative estimate of drug-likeness (QED) is 0.662. The van der Waals surface area contributed by atoms with Gasteiger partial charge in [-0.1, -0.05) is 26.7 Å². The molecule has 102 valence electrons. The van der Waals surface area contributed by atoms with Gasteiger partial charge < -0.3 is 4.90 Å². The fourth-order valence-electron chi connectivity index (χ4n) is 1.59. The molecular weight excluding hydrogens is 231 g/mol. The predicted molar refractivity (Wildman–Crippen MR) is 61.6 cm³/mol. The van der Waals surface area contributed by atoms with E-state index in [0.717, 1.165) is 17.7 Å². The third kappa shape index (κ3) is 6.54. The van der Waals surface area contributed by atoms with Crippen molar-refractivity contribution in [3.05, 3.63) is 0 Å². The van der Waals surface area contributed by atoms with E-state index in [1.165, 1.54) is 0 Å². The molecule has 0 bridgehead atoms. The molecule has 0 aromatic rings.